The molecule has 1 atom stereocenters. The van der Waals surface area contributed by atoms with Gasteiger partial charge >= 0.3 is 0 Å². The Hall–Kier alpha value is -2.66. The number of phenols is 1. The Kier molecular flexibility index (Phi) is 6.09. The number of hydrogen-bond acceptors (Lipinski definition) is 4. The topological polar surface area (TPSA) is 83.6 Å². The van der Waals surface area contributed by atoms with Gasteiger partial charge in [0.25, 0.3) is 0 Å². The Balaban J connectivity index is 1.99. The van der Waals surface area contributed by atoms with E-state index in [1.807, 2.05) is 30.3 Å². The number of amides is 2. The lowest BCUT2D eigenvalue weighted by atomic mass is 10.0. The van der Waals surface area contributed by atoms with Gasteiger partial charge in [-0.25, -0.2) is 0 Å². The molecule has 3 N–H and O–H groups in total. The standard InChI is InChI=1S/C19H22N2O3/c1-14(22)21(12-11-15-5-3-2-4-6-15)19(24)18(20)13-16-7-9-17(23)10-8-16/h2-10,18,23H,11-13,20H2,1H3/t18-/m0/s1. The Morgan fingerprint density at radius 3 is 2.25 bits per heavy atom. The quantitative estimate of drug-likeness (QED) is 0.849. The van der Waals surface area contributed by atoms with Gasteiger partial charge in [-0.15, -0.1) is 0 Å². The highest BCUT2D eigenvalue weighted by molar-refractivity contribution is 5.96. The molecule has 126 valence electrons. The molecule has 2 aromatic carbocycles. The number of aromatic hydroxyl groups is 1. The van der Waals surface area contributed by atoms with Gasteiger partial charge < -0.3 is 10.8 Å². The molecule has 0 spiro atoms. The number of carbonyl (C=O) groups excluding carboxylic acids is 2. The van der Waals surface area contributed by atoms with Crippen LogP contribution >= 0.6 is 0 Å². The molecule has 0 saturated heterocycles. The van der Waals surface area contributed by atoms with E-state index < -0.39 is 6.04 Å². The molecule has 24 heavy (non-hydrogen) atoms. The SMILES string of the molecule is CC(=O)N(CCc1ccccc1)C(=O)[C@@H](N)Cc1ccc(O)cc1. The largest absolute Gasteiger partial charge is 0.508 e. The number of nitrogens with zero attached hydrogens (tertiary/aromatic N) is 1. The molecule has 0 aliphatic carbocycles. The summed E-state index contributed by atoms with van der Waals surface area (Å²) in [4.78, 5) is 25.5. The van der Waals surface area contributed by atoms with Gasteiger partial charge in [0, 0.05) is 13.5 Å². The van der Waals surface area contributed by atoms with Crippen molar-refractivity contribution in [2.75, 3.05) is 6.54 Å². The molecule has 0 aliphatic rings. The smallest absolute Gasteiger partial charge is 0.246 e. The van der Waals surface area contributed by atoms with Crippen LogP contribution in [0.1, 0.15) is 18.1 Å². The highest BCUT2D eigenvalue weighted by atomic mass is 16.3. The molecule has 5 nitrogen and oxygen atoms in total. The molecular formula is C19H22N2O3. The number of benzene rings is 2. The fourth-order valence-corrected chi connectivity index (χ4v) is 2.48. The van der Waals surface area contributed by atoms with Crippen molar-refractivity contribution in [1.29, 1.82) is 0 Å². The molecule has 2 rings (SSSR count). The summed E-state index contributed by atoms with van der Waals surface area (Å²) in [6.45, 7) is 1.68. The summed E-state index contributed by atoms with van der Waals surface area (Å²) in [7, 11) is 0. The van der Waals surface area contributed by atoms with E-state index in [9.17, 15) is 14.7 Å². The first-order valence-electron chi connectivity index (χ1n) is 7.86. The number of carbonyl (C=O) groups is 2. The van der Waals surface area contributed by atoms with Crippen molar-refractivity contribution < 1.29 is 14.7 Å². The molecule has 0 fully saturated rings. The lowest BCUT2D eigenvalue weighted by Gasteiger charge is -2.23. The summed E-state index contributed by atoms with van der Waals surface area (Å²) in [6.07, 6.45) is 0.909. The minimum absolute atomic E-state index is 0.159. The first-order valence-corrected chi connectivity index (χ1v) is 7.86. The molecule has 0 aliphatic heterocycles. The van der Waals surface area contributed by atoms with E-state index in [-0.39, 0.29) is 17.6 Å². The van der Waals surface area contributed by atoms with Gasteiger partial charge in [-0.2, -0.15) is 0 Å². The monoisotopic (exact) mass is 326 g/mol. The third kappa shape index (κ3) is 4.93. The number of nitrogens with two attached hydrogens (primary N) is 1. The maximum Gasteiger partial charge on any atom is 0.246 e. The number of rotatable bonds is 6. The summed E-state index contributed by atoms with van der Waals surface area (Å²) >= 11 is 0. The van der Waals surface area contributed by atoms with Gasteiger partial charge in [0.05, 0.1) is 6.04 Å². The van der Waals surface area contributed by atoms with E-state index in [0.717, 1.165) is 11.1 Å². The molecule has 2 aromatic rings. The summed E-state index contributed by atoms with van der Waals surface area (Å²) in [5.74, 6) is -0.532. The van der Waals surface area contributed by atoms with Gasteiger partial charge in [0.1, 0.15) is 5.75 Å². The fourth-order valence-electron chi connectivity index (χ4n) is 2.48. The zero-order valence-corrected chi connectivity index (χ0v) is 13.7. The lowest BCUT2D eigenvalue weighted by Crippen LogP contribution is -2.47. The summed E-state index contributed by atoms with van der Waals surface area (Å²) < 4.78 is 0. The van der Waals surface area contributed by atoms with E-state index in [2.05, 4.69) is 0 Å². The van der Waals surface area contributed by atoms with Crippen molar-refractivity contribution in [1.82, 2.24) is 4.90 Å². The fraction of sp³-hybridized carbons (Fsp3) is 0.263. The zero-order chi connectivity index (χ0) is 17.5. The number of phenolic OH excluding ortho intramolecular Hbond substituents is 1. The van der Waals surface area contributed by atoms with Crippen LogP contribution in [0.4, 0.5) is 0 Å². The summed E-state index contributed by atoms with van der Waals surface area (Å²) in [6, 6.07) is 15.4. The predicted molar refractivity (Wildman–Crippen MR) is 92.3 cm³/mol. The van der Waals surface area contributed by atoms with Crippen molar-refractivity contribution in [2.24, 2.45) is 5.73 Å². The number of imide groups is 1. The summed E-state index contributed by atoms with van der Waals surface area (Å²) in [5.41, 5.74) is 7.88. The normalized spacial score (nSPS) is 11.8. The minimum atomic E-state index is -0.797. The third-order valence-corrected chi connectivity index (χ3v) is 3.82. The van der Waals surface area contributed by atoms with Crippen LogP contribution in [0.2, 0.25) is 0 Å². The van der Waals surface area contributed by atoms with Gasteiger partial charge in [-0.05, 0) is 36.1 Å². The molecule has 0 heterocycles. The second kappa shape index (κ2) is 8.26. The van der Waals surface area contributed by atoms with Crippen molar-refractivity contribution >= 4 is 11.8 Å². The van der Waals surface area contributed by atoms with Crippen molar-refractivity contribution in [3.8, 4) is 5.75 Å². The highest BCUT2D eigenvalue weighted by Crippen LogP contribution is 2.12. The highest BCUT2D eigenvalue weighted by Gasteiger charge is 2.24. The van der Waals surface area contributed by atoms with Crippen LogP contribution < -0.4 is 5.73 Å². The molecular weight excluding hydrogens is 304 g/mol. The Morgan fingerprint density at radius 1 is 1.04 bits per heavy atom. The van der Waals surface area contributed by atoms with Crippen LogP contribution in [0.3, 0.4) is 0 Å². The lowest BCUT2D eigenvalue weighted by molar-refractivity contribution is -0.144. The number of hydrogen-bond donors (Lipinski definition) is 2. The van der Waals surface area contributed by atoms with Gasteiger partial charge in [-0.3, -0.25) is 14.5 Å². The average molecular weight is 326 g/mol. The zero-order valence-electron chi connectivity index (χ0n) is 13.7. The Morgan fingerprint density at radius 2 is 1.67 bits per heavy atom. The van der Waals surface area contributed by atoms with Crippen LogP contribution in [-0.4, -0.2) is 34.4 Å². The van der Waals surface area contributed by atoms with E-state index >= 15 is 0 Å². The molecule has 0 bridgehead atoms. The molecule has 5 heteroatoms. The van der Waals surface area contributed by atoms with Gasteiger partial charge in [0.2, 0.25) is 11.8 Å². The minimum Gasteiger partial charge on any atom is -0.508 e. The van der Waals surface area contributed by atoms with Crippen LogP contribution in [0.15, 0.2) is 54.6 Å². The molecule has 0 unspecified atom stereocenters. The third-order valence-electron chi connectivity index (χ3n) is 3.82. The molecule has 0 saturated carbocycles. The van der Waals surface area contributed by atoms with Crippen LogP contribution in [0.5, 0.6) is 5.75 Å². The van der Waals surface area contributed by atoms with E-state index in [1.54, 1.807) is 24.3 Å². The van der Waals surface area contributed by atoms with Crippen LogP contribution in [-0.2, 0) is 22.4 Å². The first-order chi connectivity index (χ1) is 11.5. The van der Waals surface area contributed by atoms with E-state index in [0.29, 0.717) is 19.4 Å². The van der Waals surface area contributed by atoms with E-state index in [1.165, 1.54) is 11.8 Å². The molecule has 2 amide bonds. The molecule has 0 aromatic heterocycles. The second-order valence-electron chi connectivity index (χ2n) is 5.72. The van der Waals surface area contributed by atoms with E-state index in [4.69, 9.17) is 5.73 Å². The second-order valence-corrected chi connectivity index (χ2v) is 5.72. The maximum atomic E-state index is 12.5. The Bertz CT molecular complexity index is 684. The average Bonchev–Trinajstić information content (AvgIpc) is 2.57. The van der Waals surface area contributed by atoms with Gasteiger partial charge in [0.15, 0.2) is 0 Å². The predicted octanol–water partition coefficient (Wildman–Crippen LogP) is 1.88. The Labute approximate surface area is 141 Å². The van der Waals surface area contributed by atoms with Crippen molar-refractivity contribution in [2.45, 2.75) is 25.8 Å². The van der Waals surface area contributed by atoms with Crippen molar-refractivity contribution in [3.05, 3.63) is 65.7 Å². The summed E-state index contributed by atoms with van der Waals surface area (Å²) in [5, 5.41) is 9.29. The van der Waals surface area contributed by atoms with Gasteiger partial charge in [-0.1, -0.05) is 42.5 Å². The van der Waals surface area contributed by atoms with Crippen molar-refractivity contribution in [3.63, 3.8) is 0 Å². The maximum absolute atomic E-state index is 12.5. The van der Waals surface area contributed by atoms with Crippen LogP contribution in [0, 0.1) is 0 Å². The first kappa shape index (κ1) is 17.7. The van der Waals surface area contributed by atoms with Crippen LogP contribution in [0.25, 0.3) is 0 Å². The molecule has 0 radical (unpaired) electrons.